The number of aromatic nitrogens is 1. The zero-order chi connectivity index (χ0) is 18.4. The minimum absolute atomic E-state index is 0.576. The molecule has 7 heteroatoms. The number of hydrogen-bond donors (Lipinski definition) is 2. The van der Waals surface area contributed by atoms with E-state index >= 15 is 0 Å². The van der Waals surface area contributed by atoms with Gasteiger partial charge in [-0.3, -0.25) is 0 Å². The van der Waals surface area contributed by atoms with E-state index in [1.54, 1.807) is 11.3 Å². The predicted molar refractivity (Wildman–Crippen MR) is 105 cm³/mol. The van der Waals surface area contributed by atoms with Gasteiger partial charge in [0, 0.05) is 17.8 Å². The van der Waals surface area contributed by atoms with Crippen molar-refractivity contribution < 1.29 is 9.47 Å². The number of ether oxygens (including phenoxy) is 2. The van der Waals surface area contributed by atoms with Gasteiger partial charge in [-0.25, -0.2) is 9.98 Å². The first-order valence-corrected chi connectivity index (χ1v) is 9.81. The molecule has 6 nitrogen and oxygen atoms in total. The highest BCUT2D eigenvalue weighted by molar-refractivity contribution is 7.11. The number of nitrogens with one attached hydrogen (secondary N) is 2. The van der Waals surface area contributed by atoms with E-state index in [9.17, 15) is 0 Å². The van der Waals surface area contributed by atoms with Crippen molar-refractivity contribution in [2.75, 3.05) is 19.8 Å². The number of hydrogen-bond acceptors (Lipinski definition) is 5. The Morgan fingerprint density at radius 3 is 2.73 bits per heavy atom. The fourth-order valence-corrected chi connectivity index (χ4v) is 3.60. The molecule has 2 aromatic rings. The summed E-state index contributed by atoms with van der Waals surface area (Å²) in [5.74, 6) is 2.42. The Morgan fingerprint density at radius 2 is 2.00 bits per heavy atom. The molecule has 0 unspecified atom stereocenters. The maximum atomic E-state index is 5.75. The molecule has 2 heterocycles. The van der Waals surface area contributed by atoms with E-state index in [2.05, 4.69) is 27.5 Å². The number of nitrogens with zero attached hydrogens (tertiary/aromatic N) is 2. The highest BCUT2D eigenvalue weighted by atomic mass is 32.1. The lowest BCUT2D eigenvalue weighted by Crippen LogP contribution is -2.36. The molecule has 1 aliphatic heterocycles. The van der Waals surface area contributed by atoms with Crippen LogP contribution in [0, 0.1) is 13.8 Å². The van der Waals surface area contributed by atoms with E-state index in [1.807, 2.05) is 32.0 Å². The molecule has 0 amide bonds. The van der Waals surface area contributed by atoms with Crippen LogP contribution in [0.5, 0.6) is 11.5 Å². The number of fused-ring (bicyclic) bond motifs is 1. The monoisotopic (exact) mass is 374 g/mol. The normalized spacial score (nSPS) is 14.0. The van der Waals surface area contributed by atoms with Gasteiger partial charge in [0.15, 0.2) is 17.5 Å². The van der Waals surface area contributed by atoms with Crippen LogP contribution >= 0.6 is 11.3 Å². The molecule has 0 spiro atoms. The molecule has 1 aromatic heterocycles. The van der Waals surface area contributed by atoms with Crippen molar-refractivity contribution in [3.05, 3.63) is 39.3 Å². The van der Waals surface area contributed by atoms with Gasteiger partial charge in [0.25, 0.3) is 0 Å². The number of aliphatic imine (C=N–C) groups is 1. The van der Waals surface area contributed by atoms with Crippen molar-refractivity contribution in [1.82, 2.24) is 15.6 Å². The Hall–Kier alpha value is -2.28. The van der Waals surface area contributed by atoms with Crippen molar-refractivity contribution in [2.45, 2.75) is 40.3 Å². The van der Waals surface area contributed by atoms with E-state index in [0.717, 1.165) is 53.2 Å². The standard InChI is InChI=1S/C19H26N4O2S/c1-4-20-19(22-12-18-13(2)23-14(3)26-18)21-11-15-6-7-16-17(10-15)25-9-5-8-24-16/h6-7,10H,4-5,8-9,11-12H2,1-3H3,(H2,20,21,22). The first kappa shape index (κ1) is 18.5. The summed E-state index contributed by atoms with van der Waals surface area (Å²) in [5.41, 5.74) is 2.18. The Labute approximate surface area is 158 Å². The van der Waals surface area contributed by atoms with Crippen LogP contribution < -0.4 is 20.1 Å². The summed E-state index contributed by atoms with van der Waals surface area (Å²) < 4.78 is 11.4. The van der Waals surface area contributed by atoms with Crippen LogP contribution in [0.3, 0.4) is 0 Å². The van der Waals surface area contributed by atoms with Crippen LogP contribution in [0.2, 0.25) is 0 Å². The van der Waals surface area contributed by atoms with Crippen molar-refractivity contribution in [1.29, 1.82) is 0 Å². The smallest absolute Gasteiger partial charge is 0.191 e. The first-order valence-electron chi connectivity index (χ1n) is 8.99. The SMILES string of the molecule is CCNC(=NCc1ccc2c(c1)OCCCO2)NCc1sc(C)nc1C. The zero-order valence-electron chi connectivity index (χ0n) is 15.6. The summed E-state index contributed by atoms with van der Waals surface area (Å²) >= 11 is 1.72. The minimum Gasteiger partial charge on any atom is -0.490 e. The highest BCUT2D eigenvalue weighted by Crippen LogP contribution is 2.30. The molecule has 0 saturated heterocycles. The van der Waals surface area contributed by atoms with Crippen molar-refractivity contribution in [2.24, 2.45) is 4.99 Å². The van der Waals surface area contributed by atoms with Crippen LogP contribution in [0.15, 0.2) is 23.2 Å². The fourth-order valence-electron chi connectivity index (χ4n) is 2.72. The molecule has 2 N–H and O–H groups in total. The molecule has 140 valence electrons. The maximum absolute atomic E-state index is 5.75. The maximum Gasteiger partial charge on any atom is 0.191 e. The van der Waals surface area contributed by atoms with Crippen molar-refractivity contribution in [3.63, 3.8) is 0 Å². The largest absolute Gasteiger partial charge is 0.490 e. The summed E-state index contributed by atoms with van der Waals surface area (Å²) in [6, 6.07) is 6.02. The van der Waals surface area contributed by atoms with Gasteiger partial charge < -0.3 is 20.1 Å². The molecule has 0 atom stereocenters. The molecule has 0 fully saturated rings. The number of rotatable bonds is 5. The molecule has 0 saturated carbocycles. The Morgan fingerprint density at radius 1 is 1.19 bits per heavy atom. The van der Waals surface area contributed by atoms with E-state index in [1.165, 1.54) is 4.88 Å². The van der Waals surface area contributed by atoms with E-state index in [4.69, 9.17) is 9.47 Å². The molecule has 26 heavy (non-hydrogen) atoms. The summed E-state index contributed by atoms with van der Waals surface area (Å²) in [6.07, 6.45) is 0.910. The van der Waals surface area contributed by atoms with Gasteiger partial charge in [-0.1, -0.05) is 6.07 Å². The van der Waals surface area contributed by atoms with Gasteiger partial charge >= 0.3 is 0 Å². The van der Waals surface area contributed by atoms with Gasteiger partial charge in [-0.05, 0) is 38.5 Å². The minimum atomic E-state index is 0.576. The molecule has 1 aromatic carbocycles. The van der Waals surface area contributed by atoms with Gasteiger partial charge in [-0.2, -0.15) is 0 Å². The molecule has 1 aliphatic rings. The lowest BCUT2D eigenvalue weighted by Gasteiger charge is -2.12. The third-order valence-corrected chi connectivity index (χ3v) is 5.06. The third-order valence-electron chi connectivity index (χ3n) is 3.99. The summed E-state index contributed by atoms with van der Waals surface area (Å²) in [6.45, 7) is 9.65. The van der Waals surface area contributed by atoms with Gasteiger partial charge in [0.2, 0.25) is 0 Å². The lowest BCUT2D eigenvalue weighted by atomic mass is 10.2. The van der Waals surface area contributed by atoms with E-state index < -0.39 is 0 Å². The summed E-state index contributed by atoms with van der Waals surface area (Å²) in [7, 11) is 0. The van der Waals surface area contributed by atoms with Crippen LogP contribution in [0.4, 0.5) is 0 Å². The Balaban J connectivity index is 1.65. The lowest BCUT2D eigenvalue weighted by molar-refractivity contribution is 0.297. The second-order valence-electron chi connectivity index (χ2n) is 6.12. The van der Waals surface area contributed by atoms with Crippen molar-refractivity contribution >= 4 is 17.3 Å². The van der Waals surface area contributed by atoms with Gasteiger partial charge in [0.05, 0.1) is 37.0 Å². The number of guanidine groups is 1. The third kappa shape index (κ3) is 4.88. The van der Waals surface area contributed by atoms with Crippen LogP contribution in [-0.4, -0.2) is 30.7 Å². The molecular formula is C19H26N4O2S. The van der Waals surface area contributed by atoms with Crippen LogP contribution in [0.1, 0.15) is 34.5 Å². The Kier molecular flexibility index (Phi) is 6.33. The second-order valence-corrected chi connectivity index (χ2v) is 7.41. The summed E-state index contributed by atoms with van der Waals surface area (Å²) in [4.78, 5) is 10.4. The first-order chi connectivity index (χ1) is 12.7. The number of aryl methyl sites for hydroxylation is 2. The molecule has 0 aliphatic carbocycles. The zero-order valence-corrected chi connectivity index (χ0v) is 16.4. The van der Waals surface area contributed by atoms with Crippen molar-refractivity contribution in [3.8, 4) is 11.5 Å². The quantitative estimate of drug-likeness (QED) is 0.621. The van der Waals surface area contributed by atoms with E-state index in [-0.39, 0.29) is 0 Å². The van der Waals surface area contributed by atoms with Crippen LogP contribution in [-0.2, 0) is 13.1 Å². The molecular weight excluding hydrogens is 348 g/mol. The average molecular weight is 375 g/mol. The predicted octanol–water partition coefficient (Wildman–Crippen LogP) is 3.18. The number of thiazole rings is 1. The Bertz CT molecular complexity index is 773. The summed E-state index contributed by atoms with van der Waals surface area (Å²) in [5, 5.41) is 7.77. The highest BCUT2D eigenvalue weighted by Gasteiger charge is 2.11. The van der Waals surface area contributed by atoms with Gasteiger partial charge in [-0.15, -0.1) is 11.3 Å². The fraction of sp³-hybridized carbons (Fsp3) is 0.474. The molecule has 0 bridgehead atoms. The average Bonchev–Trinajstić information content (AvgIpc) is 2.82. The topological polar surface area (TPSA) is 67.8 Å². The van der Waals surface area contributed by atoms with E-state index in [0.29, 0.717) is 19.8 Å². The second kappa shape index (κ2) is 8.89. The van der Waals surface area contributed by atoms with Crippen LogP contribution in [0.25, 0.3) is 0 Å². The molecule has 0 radical (unpaired) electrons. The number of benzene rings is 1. The molecule has 3 rings (SSSR count). The van der Waals surface area contributed by atoms with Gasteiger partial charge in [0.1, 0.15) is 0 Å².